The Morgan fingerprint density at radius 2 is 1.50 bits per heavy atom. The van der Waals surface area contributed by atoms with Crippen molar-refractivity contribution in [3.63, 3.8) is 0 Å². The van der Waals surface area contributed by atoms with E-state index in [2.05, 4.69) is 13.5 Å². The van der Waals surface area contributed by atoms with Crippen molar-refractivity contribution in [3.8, 4) is 0 Å². The van der Waals surface area contributed by atoms with Gasteiger partial charge in [0.05, 0.1) is 12.7 Å². The van der Waals surface area contributed by atoms with E-state index in [-0.39, 0.29) is 0 Å². The molecule has 104 valence electrons. The summed E-state index contributed by atoms with van der Waals surface area (Å²) in [7, 11) is 0. The average molecular weight is 250 g/mol. The van der Waals surface area contributed by atoms with Gasteiger partial charge in [0.15, 0.2) is 0 Å². The molecule has 1 heteroatoms. The molecule has 0 heterocycles. The fourth-order valence-electron chi connectivity index (χ4n) is 3.80. The van der Waals surface area contributed by atoms with Crippen molar-refractivity contribution >= 4 is 0 Å². The third-order valence-corrected chi connectivity index (χ3v) is 5.12. The van der Waals surface area contributed by atoms with Crippen LogP contribution < -0.4 is 0 Å². The average Bonchev–Trinajstić information content (AvgIpc) is 2.41. The highest BCUT2D eigenvalue weighted by molar-refractivity contribution is 4.81. The molecule has 0 amide bonds. The zero-order chi connectivity index (χ0) is 12.8. The van der Waals surface area contributed by atoms with Crippen LogP contribution in [0.4, 0.5) is 0 Å². The van der Waals surface area contributed by atoms with Crippen LogP contribution in [-0.4, -0.2) is 12.7 Å². The molecule has 2 fully saturated rings. The Morgan fingerprint density at radius 1 is 0.944 bits per heavy atom. The molecule has 0 aromatic heterocycles. The number of ether oxygens (including phenoxy) is 1. The van der Waals surface area contributed by atoms with Gasteiger partial charge in [-0.1, -0.05) is 25.8 Å². The van der Waals surface area contributed by atoms with Crippen molar-refractivity contribution in [1.82, 2.24) is 0 Å². The van der Waals surface area contributed by atoms with E-state index in [9.17, 15) is 0 Å². The summed E-state index contributed by atoms with van der Waals surface area (Å²) in [5.74, 6) is 3.03. The SMILES string of the molecule is C=CCCOC1CCC(C2CCC(C)CC2)CC1. The van der Waals surface area contributed by atoms with Gasteiger partial charge in [-0.25, -0.2) is 0 Å². The fraction of sp³-hybridized carbons (Fsp3) is 0.882. The molecule has 0 unspecified atom stereocenters. The second-order valence-electron chi connectivity index (χ2n) is 6.50. The summed E-state index contributed by atoms with van der Waals surface area (Å²) in [5, 5.41) is 0. The van der Waals surface area contributed by atoms with Crippen molar-refractivity contribution in [2.75, 3.05) is 6.61 Å². The normalized spacial score (nSPS) is 37.4. The highest BCUT2D eigenvalue weighted by atomic mass is 16.5. The van der Waals surface area contributed by atoms with Gasteiger partial charge in [0.2, 0.25) is 0 Å². The molecule has 0 aromatic rings. The molecular formula is C17H30O. The van der Waals surface area contributed by atoms with Gasteiger partial charge < -0.3 is 4.74 Å². The summed E-state index contributed by atoms with van der Waals surface area (Å²) >= 11 is 0. The largest absolute Gasteiger partial charge is 0.378 e. The van der Waals surface area contributed by atoms with E-state index in [1.54, 1.807) is 0 Å². The molecule has 0 aliphatic heterocycles. The Kier molecular flexibility index (Phi) is 5.75. The molecule has 2 rings (SSSR count). The standard InChI is InChI=1S/C17H30O/c1-3-4-13-18-17-11-9-16(10-12-17)15-7-5-14(2)6-8-15/h3,14-17H,1,4-13H2,2H3. The summed E-state index contributed by atoms with van der Waals surface area (Å²) in [6.45, 7) is 7.03. The third-order valence-electron chi connectivity index (χ3n) is 5.12. The first-order chi connectivity index (χ1) is 8.79. The lowest BCUT2D eigenvalue weighted by molar-refractivity contribution is 0.00951. The number of rotatable bonds is 5. The molecule has 0 N–H and O–H groups in total. The van der Waals surface area contributed by atoms with Crippen molar-refractivity contribution in [2.24, 2.45) is 17.8 Å². The zero-order valence-corrected chi connectivity index (χ0v) is 12.1. The van der Waals surface area contributed by atoms with Gasteiger partial charge in [-0.2, -0.15) is 0 Å². The van der Waals surface area contributed by atoms with Gasteiger partial charge in [0, 0.05) is 0 Å². The van der Waals surface area contributed by atoms with Crippen LogP contribution in [0.1, 0.15) is 64.7 Å². The van der Waals surface area contributed by atoms with E-state index in [0.29, 0.717) is 6.10 Å². The molecule has 2 aliphatic carbocycles. The Hall–Kier alpha value is -0.300. The highest BCUT2D eigenvalue weighted by Crippen LogP contribution is 2.40. The molecule has 0 saturated heterocycles. The summed E-state index contributed by atoms with van der Waals surface area (Å²) in [6.07, 6.45) is 14.9. The zero-order valence-electron chi connectivity index (χ0n) is 12.1. The van der Waals surface area contributed by atoms with Crippen molar-refractivity contribution in [1.29, 1.82) is 0 Å². The first kappa shape index (κ1) is 14.1. The summed E-state index contributed by atoms with van der Waals surface area (Å²) in [4.78, 5) is 0. The smallest absolute Gasteiger partial charge is 0.0575 e. The van der Waals surface area contributed by atoms with Gasteiger partial charge in [-0.05, 0) is 62.7 Å². The third kappa shape index (κ3) is 4.12. The molecule has 0 radical (unpaired) electrons. The topological polar surface area (TPSA) is 9.23 Å². The maximum atomic E-state index is 5.90. The molecule has 1 nitrogen and oxygen atoms in total. The van der Waals surface area contributed by atoms with Crippen LogP contribution in [0, 0.1) is 17.8 Å². The van der Waals surface area contributed by atoms with E-state index in [4.69, 9.17) is 4.74 Å². The van der Waals surface area contributed by atoms with Gasteiger partial charge in [0.25, 0.3) is 0 Å². The van der Waals surface area contributed by atoms with Crippen LogP contribution in [0.25, 0.3) is 0 Å². The number of hydrogen-bond donors (Lipinski definition) is 0. The maximum Gasteiger partial charge on any atom is 0.0575 e. The highest BCUT2D eigenvalue weighted by Gasteiger charge is 2.29. The molecule has 0 aromatic carbocycles. The van der Waals surface area contributed by atoms with Gasteiger partial charge in [0.1, 0.15) is 0 Å². The molecule has 2 saturated carbocycles. The second kappa shape index (κ2) is 7.33. The van der Waals surface area contributed by atoms with E-state index in [1.165, 1.54) is 51.4 Å². The summed E-state index contributed by atoms with van der Waals surface area (Å²) in [5.41, 5.74) is 0. The summed E-state index contributed by atoms with van der Waals surface area (Å²) < 4.78 is 5.90. The van der Waals surface area contributed by atoms with Gasteiger partial charge in [-0.3, -0.25) is 0 Å². The predicted octanol–water partition coefficient (Wildman–Crippen LogP) is 4.96. The Bertz CT molecular complexity index is 232. The first-order valence-corrected chi connectivity index (χ1v) is 8.02. The maximum absolute atomic E-state index is 5.90. The van der Waals surface area contributed by atoms with E-state index in [1.807, 2.05) is 6.08 Å². The minimum atomic E-state index is 0.545. The van der Waals surface area contributed by atoms with Gasteiger partial charge in [-0.15, -0.1) is 6.58 Å². The second-order valence-corrected chi connectivity index (χ2v) is 6.50. The lowest BCUT2D eigenvalue weighted by Crippen LogP contribution is -2.28. The first-order valence-electron chi connectivity index (χ1n) is 8.02. The molecular weight excluding hydrogens is 220 g/mol. The Balaban J connectivity index is 1.65. The molecule has 0 bridgehead atoms. The fourth-order valence-corrected chi connectivity index (χ4v) is 3.80. The lowest BCUT2D eigenvalue weighted by atomic mass is 9.71. The Labute approximate surface area is 113 Å². The monoisotopic (exact) mass is 250 g/mol. The van der Waals surface area contributed by atoms with E-state index < -0.39 is 0 Å². The van der Waals surface area contributed by atoms with Crippen molar-refractivity contribution < 1.29 is 4.74 Å². The lowest BCUT2D eigenvalue weighted by Gasteiger charge is -2.37. The minimum Gasteiger partial charge on any atom is -0.378 e. The molecule has 2 aliphatic rings. The van der Waals surface area contributed by atoms with E-state index >= 15 is 0 Å². The van der Waals surface area contributed by atoms with Crippen LogP contribution in [0.2, 0.25) is 0 Å². The van der Waals surface area contributed by atoms with Crippen LogP contribution in [0.15, 0.2) is 12.7 Å². The van der Waals surface area contributed by atoms with Crippen LogP contribution in [0.3, 0.4) is 0 Å². The van der Waals surface area contributed by atoms with Crippen molar-refractivity contribution in [3.05, 3.63) is 12.7 Å². The summed E-state index contributed by atoms with van der Waals surface area (Å²) in [6, 6.07) is 0. The molecule has 0 atom stereocenters. The minimum absolute atomic E-state index is 0.545. The van der Waals surface area contributed by atoms with Gasteiger partial charge >= 0.3 is 0 Å². The van der Waals surface area contributed by atoms with Crippen molar-refractivity contribution in [2.45, 2.75) is 70.8 Å². The van der Waals surface area contributed by atoms with Crippen LogP contribution >= 0.6 is 0 Å². The van der Waals surface area contributed by atoms with Crippen LogP contribution in [0.5, 0.6) is 0 Å². The molecule has 0 spiro atoms. The van der Waals surface area contributed by atoms with Crippen LogP contribution in [-0.2, 0) is 4.74 Å². The van der Waals surface area contributed by atoms with E-state index in [0.717, 1.165) is 30.8 Å². The quantitative estimate of drug-likeness (QED) is 0.495. The number of hydrogen-bond acceptors (Lipinski definition) is 1. The molecule has 18 heavy (non-hydrogen) atoms. The Morgan fingerprint density at radius 3 is 2.06 bits per heavy atom. The predicted molar refractivity (Wildman–Crippen MR) is 77.6 cm³/mol.